The zero-order valence-corrected chi connectivity index (χ0v) is 19.6. The van der Waals surface area contributed by atoms with E-state index >= 15 is 0 Å². The maximum Gasteiger partial charge on any atom is 0.311 e. The van der Waals surface area contributed by atoms with Crippen molar-refractivity contribution < 1.29 is 27.5 Å². The van der Waals surface area contributed by atoms with Crippen LogP contribution in [0.3, 0.4) is 0 Å². The Balaban J connectivity index is 1.55. The highest BCUT2D eigenvalue weighted by Crippen LogP contribution is 2.22. The molecule has 2 atom stereocenters. The predicted octanol–water partition coefficient (Wildman–Crippen LogP) is 1.82. The third-order valence-electron chi connectivity index (χ3n) is 5.64. The fourth-order valence-corrected chi connectivity index (χ4v) is 6.53. The Bertz CT molecular complexity index is 897. The summed E-state index contributed by atoms with van der Waals surface area (Å²) < 4.78 is 29.0. The van der Waals surface area contributed by atoms with Crippen molar-refractivity contribution in [1.82, 2.24) is 9.80 Å². The van der Waals surface area contributed by atoms with Gasteiger partial charge in [0.05, 0.1) is 22.3 Å². The van der Waals surface area contributed by atoms with E-state index in [-0.39, 0.29) is 41.8 Å². The first kappa shape index (κ1) is 23.7. The molecule has 0 bridgehead atoms. The molecular formula is C21H30N2O6S2. The summed E-state index contributed by atoms with van der Waals surface area (Å²) in [6, 6.07) is 3.21. The standard InChI is InChI=1S/C21H30N2O6S2/c1-15(2)11-23(17-7-10-31(27,28)14-17)19(24)13-29-21(26)16-5-3-8-22(12-16)20(25)18-6-4-9-30-18/h4,6,9,15-17H,3,5,7-8,10-14H2,1-2H3. The highest BCUT2D eigenvalue weighted by Gasteiger charge is 2.36. The van der Waals surface area contributed by atoms with Crippen LogP contribution in [-0.2, 0) is 24.2 Å². The molecule has 1 aromatic heterocycles. The lowest BCUT2D eigenvalue weighted by Crippen LogP contribution is -2.46. The van der Waals surface area contributed by atoms with Crippen LogP contribution in [0, 0.1) is 11.8 Å². The first-order valence-corrected chi connectivity index (χ1v) is 13.4. The van der Waals surface area contributed by atoms with Gasteiger partial charge < -0.3 is 14.5 Å². The number of piperidine rings is 1. The fourth-order valence-electron chi connectivity index (χ4n) is 4.11. The molecule has 2 saturated heterocycles. The van der Waals surface area contributed by atoms with Crippen molar-refractivity contribution in [1.29, 1.82) is 0 Å². The summed E-state index contributed by atoms with van der Waals surface area (Å²) in [7, 11) is -3.13. The molecule has 3 rings (SSSR count). The lowest BCUT2D eigenvalue weighted by Gasteiger charge is -2.32. The third-order valence-corrected chi connectivity index (χ3v) is 8.25. The Labute approximate surface area is 187 Å². The van der Waals surface area contributed by atoms with Crippen LogP contribution < -0.4 is 0 Å². The Hall–Kier alpha value is -1.94. The molecular weight excluding hydrogens is 440 g/mol. The minimum atomic E-state index is -3.13. The average molecular weight is 471 g/mol. The van der Waals surface area contributed by atoms with Crippen molar-refractivity contribution in [3.05, 3.63) is 22.4 Å². The van der Waals surface area contributed by atoms with Gasteiger partial charge in [0.15, 0.2) is 16.4 Å². The molecule has 2 amide bonds. The molecule has 0 aliphatic carbocycles. The number of nitrogens with zero attached hydrogens (tertiary/aromatic N) is 2. The van der Waals surface area contributed by atoms with Crippen LogP contribution in [0.2, 0.25) is 0 Å². The van der Waals surface area contributed by atoms with E-state index in [9.17, 15) is 22.8 Å². The number of hydrogen-bond acceptors (Lipinski definition) is 7. The maximum absolute atomic E-state index is 12.8. The topological polar surface area (TPSA) is 101 Å². The molecule has 172 valence electrons. The number of carbonyl (C=O) groups excluding carboxylic acids is 3. The first-order chi connectivity index (χ1) is 14.7. The summed E-state index contributed by atoms with van der Waals surface area (Å²) in [5.74, 6) is -1.20. The van der Waals surface area contributed by atoms with Gasteiger partial charge in [-0.2, -0.15) is 0 Å². The van der Waals surface area contributed by atoms with E-state index in [2.05, 4.69) is 0 Å². The van der Waals surface area contributed by atoms with Crippen LogP contribution in [0.4, 0.5) is 0 Å². The van der Waals surface area contributed by atoms with Crippen molar-refractivity contribution in [2.75, 3.05) is 37.7 Å². The van der Waals surface area contributed by atoms with E-state index in [0.717, 1.165) is 0 Å². The van der Waals surface area contributed by atoms with Gasteiger partial charge in [-0.25, -0.2) is 8.42 Å². The van der Waals surface area contributed by atoms with Gasteiger partial charge in [-0.3, -0.25) is 14.4 Å². The minimum Gasteiger partial charge on any atom is -0.455 e. The molecule has 31 heavy (non-hydrogen) atoms. The fraction of sp³-hybridized carbons (Fsp3) is 0.667. The van der Waals surface area contributed by atoms with E-state index < -0.39 is 28.3 Å². The number of amides is 2. The molecule has 0 N–H and O–H groups in total. The Morgan fingerprint density at radius 3 is 2.68 bits per heavy atom. The molecule has 10 heteroatoms. The second-order valence-electron chi connectivity index (χ2n) is 8.67. The zero-order valence-electron chi connectivity index (χ0n) is 18.0. The first-order valence-electron chi connectivity index (χ1n) is 10.7. The van der Waals surface area contributed by atoms with Crippen molar-refractivity contribution in [3.8, 4) is 0 Å². The highest BCUT2D eigenvalue weighted by atomic mass is 32.2. The maximum atomic E-state index is 12.8. The molecule has 0 aromatic carbocycles. The second-order valence-corrected chi connectivity index (χ2v) is 11.8. The SMILES string of the molecule is CC(C)CN(C(=O)COC(=O)C1CCCN(C(=O)c2cccs2)C1)C1CCS(=O)(=O)C1. The molecule has 2 aliphatic heterocycles. The lowest BCUT2D eigenvalue weighted by atomic mass is 9.98. The monoisotopic (exact) mass is 470 g/mol. The van der Waals surface area contributed by atoms with Crippen LogP contribution in [0.25, 0.3) is 0 Å². The van der Waals surface area contributed by atoms with Crippen molar-refractivity contribution in [3.63, 3.8) is 0 Å². The number of hydrogen-bond donors (Lipinski definition) is 0. The van der Waals surface area contributed by atoms with E-state index in [4.69, 9.17) is 4.74 Å². The molecule has 1 aromatic rings. The molecule has 2 fully saturated rings. The minimum absolute atomic E-state index is 0.0399. The molecule has 0 radical (unpaired) electrons. The van der Waals surface area contributed by atoms with Gasteiger partial charge in [0, 0.05) is 25.7 Å². The molecule has 0 saturated carbocycles. The lowest BCUT2D eigenvalue weighted by molar-refractivity contribution is -0.157. The van der Waals surface area contributed by atoms with Gasteiger partial charge in [0.1, 0.15) is 0 Å². The number of ether oxygens (including phenoxy) is 1. The van der Waals surface area contributed by atoms with Crippen LogP contribution >= 0.6 is 11.3 Å². The van der Waals surface area contributed by atoms with Gasteiger partial charge in [-0.05, 0) is 36.6 Å². The Morgan fingerprint density at radius 2 is 2.06 bits per heavy atom. The molecule has 2 aliphatic rings. The molecule has 0 spiro atoms. The van der Waals surface area contributed by atoms with E-state index in [1.165, 1.54) is 11.3 Å². The van der Waals surface area contributed by atoms with Crippen LogP contribution in [0.5, 0.6) is 0 Å². The number of carbonyl (C=O) groups is 3. The van der Waals surface area contributed by atoms with E-state index in [1.807, 2.05) is 25.3 Å². The summed E-state index contributed by atoms with van der Waals surface area (Å²) in [5, 5.41) is 1.84. The number of likely N-dealkylation sites (tertiary alicyclic amines) is 1. The summed E-state index contributed by atoms with van der Waals surface area (Å²) in [5.41, 5.74) is 0. The Kier molecular flexibility index (Phi) is 7.74. The van der Waals surface area contributed by atoms with Crippen molar-refractivity contribution >= 4 is 39.0 Å². The van der Waals surface area contributed by atoms with Crippen LogP contribution in [0.15, 0.2) is 17.5 Å². The largest absolute Gasteiger partial charge is 0.455 e. The van der Waals surface area contributed by atoms with Crippen molar-refractivity contribution in [2.24, 2.45) is 11.8 Å². The summed E-state index contributed by atoms with van der Waals surface area (Å²) >= 11 is 1.37. The van der Waals surface area contributed by atoms with Gasteiger partial charge in [-0.15, -0.1) is 11.3 Å². The smallest absolute Gasteiger partial charge is 0.311 e. The van der Waals surface area contributed by atoms with Gasteiger partial charge in [0.25, 0.3) is 11.8 Å². The predicted molar refractivity (Wildman–Crippen MR) is 118 cm³/mol. The normalized spacial score (nSPS) is 23.0. The quantitative estimate of drug-likeness (QED) is 0.564. The number of rotatable bonds is 7. The summed E-state index contributed by atoms with van der Waals surface area (Å²) in [6.07, 6.45) is 1.72. The second kappa shape index (κ2) is 10.1. The van der Waals surface area contributed by atoms with E-state index in [0.29, 0.717) is 37.2 Å². The van der Waals surface area contributed by atoms with Crippen LogP contribution in [0.1, 0.15) is 42.8 Å². The summed E-state index contributed by atoms with van der Waals surface area (Å²) in [6.45, 7) is 4.80. The number of thiophene rings is 1. The summed E-state index contributed by atoms with van der Waals surface area (Å²) in [4.78, 5) is 41.8. The van der Waals surface area contributed by atoms with Gasteiger partial charge in [-0.1, -0.05) is 19.9 Å². The Morgan fingerprint density at radius 1 is 1.29 bits per heavy atom. The zero-order chi connectivity index (χ0) is 22.6. The van der Waals surface area contributed by atoms with Crippen molar-refractivity contribution in [2.45, 2.75) is 39.2 Å². The molecule has 3 heterocycles. The number of esters is 1. The molecule has 8 nitrogen and oxygen atoms in total. The van der Waals surface area contributed by atoms with E-state index in [1.54, 1.807) is 15.9 Å². The third kappa shape index (κ3) is 6.29. The number of sulfone groups is 1. The highest BCUT2D eigenvalue weighted by molar-refractivity contribution is 7.91. The molecule has 2 unspecified atom stereocenters. The van der Waals surface area contributed by atoms with Crippen LogP contribution in [-0.4, -0.2) is 79.8 Å². The van der Waals surface area contributed by atoms with Gasteiger partial charge in [0.2, 0.25) is 0 Å². The average Bonchev–Trinajstić information content (AvgIpc) is 3.39. The van der Waals surface area contributed by atoms with Gasteiger partial charge >= 0.3 is 5.97 Å².